The van der Waals surface area contributed by atoms with Gasteiger partial charge in [0, 0.05) is 25.3 Å². The van der Waals surface area contributed by atoms with Crippen molar-refractivity contribution in [3.63, 3.8) is 0 Å². The maximum atomic E-state index is 12.7. The minimum absolute atomic E-state index is 0.0599. The molecule has 1 amide bonds. The van der Waals surface area contributed by atoms with Crippen molar-refractivity contribution in [3.8, 4) is 5.75 Å². The van der Waals surface area contributed by atoms with Crippen molar-refractivity contribution in [2.24, 2.45) is 0 Å². The number of aromatic nitrogens is 2. The van der Waals surface area contributed by atoms with E-state index in [1.54, 1.807) is 25.3 Å². The summed E-state index contributed by atoms with van der Waals surface area (Å²) in [5.41, 5.74) is 0.222. The van der Waals surface area contributed by atoms with Gasteiger partial charge in [-0.1, -0.05) is 12.1 Å². The molecular formula is C20H25F2N5O2. The Balaban J connectivity index is 1.61. The number of para-hydroxylation sites is 2. The quantitative estimate of drug-likeness (QED) is 0.728. The maximum absolute atomic E-state index is 12.7. The highest BCUT2D eigenvalue weighted by Gasteiger charge is 2.29. The van der Waals surface area contributed by atoms with Crippen molar-refractivity contribution in [2.45, 2.75) is 38.5 Å². The van der Waals surface area contributed by atoms with E-state index in [2.05, 4.69) is 25.2 Å². The number of halogens is 2. The fourth-order valence-corrected chi connectivity index (χ4v) is 3.47. The first-order valence-corrected chi connectivity index (χ1v) is 9.55. The lowest BCUT2D eigenvalue weighted by Crippen LogP contribution is -2.46. The second-order valence-electron chi connectivity index (χ2n) is 7.05. The molecule has 0 spiro atoms. The molecule has 0 saturated carbocycles. The van der Waals surface area contributed by atoms with Crippen LogP contribution in [-0.4, -0.2) is 59.8 Å². The summed E-state index contributed by atoms with van der Waals surface area (Å²) in [6.45, 7) is 0.395. The lowest BCUT2D eigenvalue weighted by atomic mass is 10.1. The van der Waals surface area contributed by atoms with Crippen LogP contribution in [0.15, 0.2) is 42.6 Å². The Hall–Kier alpha value is -2.81. The van der Waals surface area contributed by atoms with Gasteiger partial charge >= 0.3 is 6.61 Å². The van der Waals surface area contributed by atoms with Crippen LogP contribution in [-0.2, 0) is 4.79 Å². The van der Waals surface area contributed by atoms with Crippen LogP contribution in [0, 0.1) is 0 Å². The van der Waals surface area contributed by atoms with Crippen molar-refractivity contribution in [3.05, 3.63) is 42.6 Å². The molecule has 29 heavy (non-hydrogen) atoms. The van der Waals surface area contributed by atoms with Gasteiger partial charge in [0.2, 0.25) is 5.91 Å². The number of rotatable bonds is 8. The molecule has 1 aliphatic rings. The third-order valence-electron chi connectivity index (χ3n) is 5.13. The fourth-order valence-electron chi connectivity index (χ4n) is 3.47. The van der Waals surface area contributed by atoms with Crippen LogP contribution in [0.25, 0.3) is 0 Å². The highest BCUT2D eigenvalue weighted by atomic mass is 19.3. The first-order valence-electron chi connectivity index (χ1n) is 9.55. The minimum Gasteiger partial charge on any atom is -0.433 e. The van der Waals surface area contributed by atoms with Gasteiger partial charge in [0.1, 0.15) is 5.75 Å². The molecule has 156 valence electrons. The summed E-state index contributed by atoms with van der Waals surface area (Å²) in [6.07, 6.45) is 3.69. The van der Waals surface area contributed by atoms with Crippen molar-refractivity contribution >= 4 is 17.4 Å². The molecule has 0 bridgehead atoms. The zero-order valence-corrected chi connectivity index (χ0v) is 16.5. The van der Waals surface area contributed by atoms with Gasteiger partial charge in [0.05, 0.1) is 11.7 Å². The lowest BCUT2D eigenvalue weighted by molar-refractivity contribution is -0.120. The number of hydrogen-bond acceptors (Lipinski definition) is 6. The Bertz CT molecular complexity index is 808. The first-order chi connectivity index (χ1) is 14.0. The second kappa shape index (κ2) is 9.60. The summed E-state index contributed by atoms with van der Waals surface area (Å²) >= 11 is 0. The van der Waals surface area contributed by atoms with Crippen LogP contribution >= 0.6 is 0 Å². The van der Waals surface area contributed by atoms with Crippen molar-refractivity contribution in [1.29, 1.82) is 0 Å². The van der Waals surface area contributed by atoms with E-state index in [1.165, 1.54) is 12.1 Å². The van der Waals surface area contributed by atoms with E-state index in [-0.39, 0.29) is 23.4 Å². The standard InChI is InChI=1S/C20H25F2N5O2/c1-14(19(28)24-16-8-3-4-9-17(16)29-20(21)22)26(2)13-15-7-6-12-27(15)18-10-5-11-23-25-18/h3-5,8-11,14-15,20H,6-7,12-13H2,1-2H3,(H,24,28). The molecule has 1 aromatic heterocycles. The second-order valence-corrected chi connectivity index (χ2v) is 7.05. The predicted octanol–water partition coefficient (Wildman–Crippen LogP) is 3.01. The van der Waals surface area contributed by atoms with Gasteiger partial charge in [-0.2, -0.15) is 13.9 Å². The number of ether oxygens (including phenoxy) is 1. The average molecular weight is 405 g/mol. The molecule has 0 aliphatic carbocycles. The molecule has 2 unspecified atom stereocenters. The van der Waals surface area contributed by atoms with Crippen molar-refractivity contribution in [2.75, 3.05) is 30.4 Å². The van der Waals surface area contributed by atoms with Crippen LogP contribution in [0.4, 0.5) is 20.3 Å². The first kappa shape index (κ1) is 20.9. The zero-order chi connectivity index (χ0) is 20.8. The lowest BCUT2D eigenvalue weighted by Gasteiger charge is -2.31. The predicted molar refractivity (Wildman–Crippen MR) is 106 cm³/mol. The third kappa shape index (κ3) is 5.38. The number of anilines is 2. The molecule has 1 aromatic carbocycles. The van der Waals surface area contributed by atoms with Crippen LogP contribution in [0.1, 0.15) is 19.8 Å². The summed E-state index contributed by atoms with van der Waals surface area (Å²) < 4.78 is 29.6. The molecule has 0 radical (unpaired) electrons. The van der Waals surface area contributed by atoms with E-state index in [1.807, 2.05) is 24.1 Å². The van der Waals surface area contributed by atoms with E-state index in [4.69, 9.17) is 0 Å². The van der Waals surface area contributed by atoms with Crippen LogP contribution in [0.3, 0.4) is 0 Å². The molecule has 2 heterocycles. The van der Waals surface area contributed by atoms with Crippen molar-refractivity contribution < 1.29 is 18.3 Å². The SMILES string of the molecule is CC(C(=O)Nc1ccccc1OC(F)F)N(C)CC1CCCN1c1cccnn1. The highest BCUT2D eigenvalue weighted by molar-refractivity contribution is 5.95. The monoisotopic (exact) mass is 405 g/mol. The molecule has 2 aromatic rings. The number of alkyl halides is 2. The van der Waals surface area contributed by atoms with Crippen LogP contribution < -0.4 is 15.0 Å². The number of carbonyl (C=O) groups excluding carboxylic acids is 1. The van der Waals surface area contributed by atoms with E-state index in [0.29, 0.717) is 6.54 Å². The normalized spacial score (nSPS) is 17.6. The van der Waals surface area contributed by atoms with E-state index in [0.717, 1.165) is 25.2 Å². The molecule has 2 atom stereocenters. The molecule has 1 fully saturated rings. The Morgan fingerprint density at radius 1 is 1.34 bits per heavy atom. The Morgan fingerprint density at radius 2 is 2.14 bits per heavy atom. The van der Waals surface area contributed by atoms with Gasteiger partial charge in [-0.05, 0) is 51.1 Å². The van der Waals surface area contributed by atoms with Gasteiger partial charge in [-0.25, -0.2) is 0 Å². The number of nitrogens with zero attached hydrogens (tertiary/aromatic N) is 4. The van der Waals surface area contributed by atoms with Gasteiger partial charge in [-0.15, -0.1) is 5.10 Å². The minimum atomic E-state index is -2.96. The zero-order valence-electron chi connectivity index (χ0n) is 16.5. The topological polar surface area (TPSA) is 70.6 Å². The summed E-state index contributed by atoms with van der Waals surface area (Å²) in [6, 6.07) is 9.71. The molecule has 7 nitrogen and oxygen atoms in total. The van der Waals surface area contributed by atoms with Crippen LogP contribution in [0.2, 0.25) is 0 Å². The average Bonchev–Trinajstić information content (AvgIpc) is 3.17. The number of carbonyl (C=O) groups is 1. The Kier molecular flexibility index (Phi) is 6.92. The maximum Gasteiger partial charge on any atom is 0.387 e. The van der Waals surface area contributed by atoms with E-state index < -0.39 is 12.7 Å². The van der Waals surface area contributed by atoms with Crippen LogP contribution in [0.5, 0.6) is 5.75 Å². The molecule has 1 saturated heterocycles. The summed E-state index contributed by atoms with van der Waals surface area (Å²) in [4.78, 5) is 16.8. The molecule has 3 rings (SSSR count). The molecule has 1 N–H and O–H groups in total. The molecule has 1 aliphatic heterocycles. The van der Waals surface area contributed by atoms with Gasteiger partial charge < -0.3 is 15.0 Å². The Morgan fingerprint density at radius 3 is 2.86 bits per heavy atom. The number of benzene rings is 1. The molecule has 9 heteroatoms. The molecular weight excluding hydrogens is 380 g/mol. The third-order valence-corrected chi connectivity index (χ3v) is 5.13. The van der Waals surface area contributed by atoms with Gasteiger partial charge in [-0.3, -0.25) is 9.69 Å². The fraction of sp³-hybridized carbons (Fsp3) is 0.450. The van der Waals surface area contributed by atoms with Gasteiger partial charge in [0.25, 0.3) is 0 Å². The van der Waals surface area contributed by atoms with Gasteiger partial charge in [0.15, 0.2) is 5.82 Å². The Labute approximate surface area is 168 Å². The number of amides is 1. The van der Waals surface area contributed by atoms with E-state index >= 15 is 0 Å². The highest BCUT2D eigenvalue weighted by Crippen LogP contribution is 2.27. The summed E-state index contributed by atoms with van der Waals surface area (Å²) in [7, 11) is 1.87. The summed E-state index contributed by atoms with van der Waals surface area (Å²) in [5.74, 6) is 0.482. The smallest absolute Gasteiger partial charge is 0.387 e. The number of hydrogen-bond donors (Lipinski definition) is 1. The number of nitrogens with one attached hydrogen (secondary N) is 1. The van der Waals surface area contributed by atoms with Crippen molar-refractivity contribution in [1.82, 2.24) is 15.1 Å². The summed E-state index contributed by atoms with van der Waals surface area (Å²) in [5, 5.41) is 10.8. The van der Waals surface area contributed by atoms with E-state index in [9.17, 15) is 13.6 Å². The largest absolute Gasteiger partial charge is 0.433 e. The number of likely N-dealkylation sites (N-methyl/N-ethyl adjacent to an activating group) is 1.